The molecule has 0 amide bonds. The zero-order valence-electron chi connectivity index (χ0n) is 14.2. The maximum atomic E-state index is 6.79. The van der Waals surface area contributed by atoms with Crippen molar-refractivity contribution in [3.63, 3.8) is 0 Å². The van der Waals surface area contributed by atoms with Gasteiger partial charge < -0.3 is 5.73 Å². The van der Waals surface area contributed by atoms with Crippen LogP contribution in [0.1, 0.15) is 72.6 Å². The van der Waals surface area contributed by atoms with Crippen LogP contribution >= 0.6 is 0 Å². The SMILES string of the molecule is CC1CC(C)CC(C(N)C(C)(C)N2CCCCCC2)C1. The Morgan fingerprint density at radius 2 is 1.40 bits per heavy atom. The molecule has 20 heavy (non-hydrogen) atoms. The van der Waals surface area contributed by atoms with Crippen molar-refractivity contribution in [3.8, 4) is 0 Å². The number of hydrogen-bond acceptors (Lipinski definition) is 2. The molecule has 2 N–H and O–H groups in total. The molecule has 0 spiro atoms. The van der Waals surface area contributed by atoms with Crippen LogP contribution < -0.4 is 5.73 Å². The van der Waals surface area contributed by atoms with Gasteiger partial charge in [-0.3, -0.25) is 4.90 Å². The van der Waals surface area contributed by atoms with Crippen LogP contribution in [0.2, 0.25) is 0 Å². The van der Waals surface area contributed by atoms with Crippen LogP contribution in [0.5, 0.6) is 0 Å². The van der Waals surface area contributed by atoms with Gasteiger partial charge in [0, 0.05) is 11.6 Å². The first kappa shape index (κ1) is 16.3. The molecule has 2 nitrogen and oxygen atoms in total. The number of nitrogens with two attached hydrogens (primary N) is 1. The van der Waals surface area contributed by atoms with Gasteiger partial charge in [0.2, 0.25) is 0 Å². The van der Waals surface area contributed by atoms with Crippen molar-refractivity contribution >= 4 is 0 Å². The van der Waals surface area contributed by atoms with Crippen LogP contribution in [0.3, 0.4) is 0 Å². The molecule has 0 bridgehead atoms. The summed E-state index contributed by atoms with van der Waals surface area (Å²) in [5.41, 5.74) is 6.95. The van der Waals surface area contributed by atoms with E-state index >= 15 is 0 Å². The molecule has 1 aliphatic heterocycles. The average Bonchev–Trinajstić information content (AvgIpc) is 2.65. The summed E-state index contributed by atoms with van der Waals surface area (Å²) in [6, 6.07) is 0.325. The average molecular weight is 280 g/mol. The van der Waals surface area contributed by atoms with Crippen molar-refractivity contribution in [2.75, 3.05) is 13.1 Å². The Morgan fingerprint density at radius 1 is 0.900 bits per heavy atom. The van der Waals surface area contributed by atoms with Crippen LogP contribution in [-0.4, -0.2) is 29.6 Å². The molecule has 1 heterocycles. The molecule has 2 heteroatoms. The summed E-state index contributed by atoms with van der Waals surface area (Å²) < 4.78 is 0. The highest BCUT2D eigenvalue weighted by atomic mass is 15.2. The Morgan fingerprint density at radius 3 is 1.90 bits per heavy atom. The maximum absolute atomic E-state index is 6.79. The number of likely N-dealkylation sites (tertiary alicyclic amines) is 1. The lowest BCUT2D eigenvalue weighted by atomic mass is 9.69. The molecule has 2 fully saturated rings. The third-order valence-electron chi connectivity index (χ3n) is 5.96. The van der Waals surface area contributed by atoms with E-state index < -0.39 is 0 Å². The van der Waals surface area contributed by atoms with Crippen molar-refractivity contribution in [2.45, 2.75) is 84.2 Å². The van der Waals surface area contributed by atoms with Crippen LogP contribution in [-0.2, 0) is 0 Å². The van der Waals surface area contributed by atoms with Gasteiger partial charge >= 0.3 is 0 Å². The zero-order chi connectivity index (χ0) is 14.8. The van der Waals surface area contributed by atoms with Crippen molar-refractivity contribution in [1.29, 1.82) is 0 Å². The highest BCUT2D eigenvalue weighted by molar-refractivity contribution is 4.97. The molecule has 3 unspecified atom stereocenters. The monoisotopic (exact) mass is 280 g/mol. The van der Waals surface area contributed by atoms with Crippen LogP contribution in [0, 0.1) is 17.8 Å². The lowest BCUT2D eigenvalue weighted by molar-refractivity contribution is 0.0523. The Bertz CT molecular complexity index is 282. The summed E-state index contributed by atoms with van der Waals surface area (Å²) in [6.07, 6.45) is 9.58. The highest BCUT2D eigenvalue weighted by Gasteiger charge is 2.39. The van der Waals surface area contributed by atoms with Gasteiger partial charge in [-0.05, 0) is 76.8 Å². The summed E-state index contributed by atoms with van der Waals surface area (Å²) in [6.45, 7) is 12.1. The Labute approximate surface area is 126 Å². The van der Waals surface area contributed by atoms with Gasteiger partial charge in [-0.2, -0.15) is 0 Å². The van der Waals surface area contributed by atoms with Crippen LogP contribution in [0.4, 0.5) is 0 Å². The normalized spacial score (nSPS) is 35.5. The van der Waals surface area contributed by atoms with Crippen molar-refractivity contribution in [3.05, 3.63) is 0 Å². The predicted octanol–water partition coefficient (Wildman–Crippen LogP) is 4.04. The quantitative estimate of drug-likeness (QED) is 0.845. The maximum Gasteiger partial charge on any atom is 0.0306 e. The van der Waals surface area contributed by atoms with Gasteiger partial charge in [0.05, 0.1) is 0 Å². The predicted molar refractivity (Wildman–Crippen MR) is 87.8 cm³/mol. The summed E-state index contributed by atoms with van der Waals surface area (Å²) >= 11 is 0. The zero-order valence-corrected chi connectivity index (χ0v) is 14.2. The van der Waals surface area contributed by atoms with Crippen molar-refractivity contribution in [1.82, 2.24) is 4.90 Å². The van der Waals surface area contributed by atoms with E-state index in [2.05, 4.69) is 32.6 Å². The molecule has 0 radical (unpaired) electrons. The second-order valence-corrected chi connectivity index (χ2v) is 8.26. The molecular weight excluding hydrogens is 244 g/mol. The molecule has 2 rings (SSSR count). The number of rotatable bonds is 3. The van der Waals surface area contributed by atoms with E-state index in [1.54, 1.807) is 0 Å². The van der Waals surface area contributed by atoms with Gasteiger partial charge in [0.25, 0.3) is 0 Å². The molecular formula is C18H36N2. The van der Waals surface area contributed by atoms with E-state index in [1.165, 1.54) is 58.0 Å². The molecule has 118 valence electrons. The number of nitrogens with zero attached hydrogens (tertiary/aromatic N) is 1. The van der Waals surface area contributed by atoms with E-state index in [9.17, 15) is 0 Å². The van der Waals surface area contributed by atoms with Crippen LogP contribution in [0.15, 0.2) is 0 Å². The van der Waals surface area contributed by atoms with E-state index in [1.807, 2.05) is 0 Å². The summed E-state index contributed by atoms with van der Waals surface area (Å²) in [7, 11) is 0. The minimum Gasteiger partial charge on any atom is -0.326 e. The second-order valence-electron chi connectivity index (χ2n) is 8.26. The fourth-order valence-corrected chi connectivity index (χ4v) is 4.74. The summed E-state index contributed by atoms with van der Waals surface area (Å²) in [5, 5.41) is 0. The molecule has 0 aromatic rings. The lowest BCUT2D eigenvalue weighted by Gasteiger charge is -2.47. The first-order valence-corrected chi connectivity index (χ1v) is 8.92. The topological polar surface area (TPSA) is 29.3 Å². The lowest BCUT2D eigenvalue weighted by Crippen LogP contribution is -2.59. The van der Waals surface area contributed by atoms with Crippen LogP contribution in [0.25, 0.3) is 0 Å². The fraction of sp³-hybridized carbons (Fsp3) is 1.00. The van der Waals surface area contributed by atoms with E-state index in [-0.39, 0.29) is 5.54 Å². The Balaban J connectivity index is 2.02. The fourth-order valence-electron chi connectivity index (χ4n) is 4.74. The first-order chi connectivity index (χ1) is 9.41. The first-order valence-electron chi connectivity index (χ1n) is 8.92. The Kier molecular flexibility index (Phi) is 5.53. The van der Waals surface area contributed by atoms with Crippen molar-refractivity contribution < 1.29 is 0 Å². The third-order valence-corrected chi connectivity index (χ3v) is 5.96. The smallest absolute Gasteiger partial charge is 0.0306 e. The van der Waals surface area contributed by atoms with Gasteiger partial charge in [-0.25, -0.2) is 0 Å². The van der Waals surface area contributed by atoms with Gasteiger partial charge in [-0.1, -0.05) is 26.7 Å². The largest absolute Gasteiger partial charge is 0.326 e. The summed E-state index contributed by atoms with van der Waals surface area (Å²) in [4.78, 5) is 2.69. The minimum absolute atomic E-state index is 0.159. The molecule has 1 saturated heterocycles. The third kappa shape index (κ3) is 3.76. The van der Waals surface area contributed by atoms with Gasteiger partial charge in [-0.15, -0.1) is 0 Å². The molecule has 3 atom stereocenters. The minimum atomic E-state index is 0.159. The van der Waals surface area contributed by atoms with Gasteiger partial charge in [0.1, 0.15) is 0 Å². The number of hydrogen-bond donors (Lipinski definition) is 1. The molecule has 0 aromatic carbocycles. The molecule has 1 aliphatic carbocycles. The second kappa shape index (κ2) is 6.79. The van der Waals surface area contributed by atoms with E-state index in [0.29, 0.717) is 12.0 Å². The van der Waals surface area contributed by atoms with E-state index in [4.69, 9.17) is 5.73 Å². The molecule has 0 aromatic heterocycles. The van der Waals surface area contributed by atoms with Crippen molar-refractivity contribution in [2.24, 2.45) is 23.5 Å². The van der Waals surface area contributed by atoms with E-state index in [0.717, 1.165) is 11.8 Å². The van der Waals surface area contributed by atoms with Gasteiger partial charge in [0.15, 0.2) is 0 Å². The highest BCUT2D eigenvalue weighted by Crippen LogP contribution is 2.38. The molecule has 1 saturated carbocycles. The molecule has 2 aliphatic rings. The Hall–Kier alpha value is -0.0800. The summed E-state index contributed by atoms with van der Waals surface area (Å²) in [5.74, 6) is 2.43. The standard InChI is InChI=1S/C18H36N2/c1-14-11-15(2)13-16(12-14)17(19)18(3,4)20-9-7-5-6-8-10-20/h14-17H,5-13,19H2,1-4H3.